The Hall–Kier alpha value is -0.820. The molecule has 6 nitrogen and oxygen atoms in total. The number of carbonyl (C=O) groups is 1. The highest BCUT2D eigenvalue weighted by atomic mass is 32.2. The second-order valence-electron chi connectivity index (χ2n) is 6.08. The van der Waals surface area contributed by atoms with Crippen LogP contribution in [0, 0.1) is 5.92 Å². The molecule has 0 aromatic rings. The molecule has 19 heavy (non-hydrogen) atoms. The molecular formula is C12H24N2O4S. The van der Waals surface area contributed by atoms with Crippen LogP contribution in [0.15, 0.2) is 0 Å². The van der Waals surface area contributed by atoms with Gasteiger partial charge in [0.2, 0.25) is 10.0 Å². The van der Waals surface area contributed by atoms with Crippen molar-refractivity contribution in [3.05, 3.63) is 0 Å². The van der Waals surface area contributed by atoms with Gasteiger partial charge in [-0.3, -0.25) is 0 Å². The van der Waals surface area contributed by atoms with E-state index in [9.17, 15) is 13.2 Å². The van der Waals surface area contributed by atoms with Crippen LogP contribution in [0.2, 0.25) is 0 Å². The summed E-state index contributed by atoms with van der Waals surface area (Å²) >= 11 is 0. The molecule has 0 aromatic heterocycles. The number of ether oxygens (including phenoxy) is 1. The highest BCUT2D eigenvalue weighted by molar-refractivity contribution is 7.91. The maximum atomic E-state index is 11.5. The minimum Gasteiger partial charge on any atom is -0.444 e. The van der Waals surface area contributed by atoms with Gasteiger partial charge in [-0.2, -0.15) is 0 Å². The molecule has 2 rings (SSSR count). The third kappa shape index (κ3) is 4.35. The highest BCUT2D eigenvalue weighted by Crippen LogP contribution is 2.58. The van der Waals surface area contributed by atoms with Gasteiger partial charge >= 0.3 is 6.09 Å². The summed E-state index contributed by atoms with van der Waals surface area (Å²) in [6.07, 6.45) is 3.25. The molecule has 0 saturated heterocycles. The number of primary amides is 1. The van der Waals surface area contributed by atoms with Gasteiger partial charge in [-0.1, -0.05) is 0 Å². The molecule has 0 unspecified atom stereocenters. The summed E-state index contributed by atoms with van der Waals surface area (Å²) in [4.78, 5) is 10.0. The summed E-state index contributed by atoms with van der Waals surface area (Å²) in [5.41, 5.74) is 4.26. The molecule has 2 fully saturated rings. The Morgan fingerprint density at radius 3 is 1.95 bits per heavy atom. The predicted octanol–water partition coefficient (Wildman–Crippen LogP) is 1.36. The van der Waals surface area contributed by atoms with Crippen molar-refractivity contribution in [1.29, 1.82) is 0 Å². The van der Waals surface area contributed by atoms with Crippen LogP contribution in [0.3, 0.4) is 0 Å². The van der Waals surface area contributed by atoms with Gasteiger partial charge in [0.15, 0.2) is 0 Å². The van der Waals surface area contributed by atoms with Gasteiger partial charge in [0.1, 0.15) is 5.60 Å². The van der Waals surface area contributed by atoms with Crippen molar-refractivity contribution in [2.45, 2.75) is 56.8 Å². The Bertz CT molecular complexity index is 431. The molecule has 1 amide bonds. The topological polar surface area (TPSA) is 98.5 Å². The van der Waals surface area contributed by atoms with E-state index in [1.165, 1.54) is 7.05 Å². The molecule has 7 heteroatoms. The Morgan fingerprint density at radius 1 is 1.32 bits per heavy atom. The van der Waals surface area contributed by atoms with Crippen molar-refractivity contribution in [1.82, 2.24) is 4.72 Å². The number of carbonyl (C=O) groups excluding carboxylic acids is 1. The van der Waals surface area contributed by atoms with Gasteiger partial charge in [-0.15, -0.1) is 0 Å². The van der Waals surface area contributed by atoms with E-state index in [2.05, 4.69) is 9.46 Å². The van der Waals surface area contributed by atoms with Crippen molar-refractivity contribution in [2.75, 3.05) is 7.05 Å². The number of nitrogens with one attached hydrogen (secondary N) is 1. The second-order valence-corrected chi connectivity index (χ2v) is 8.31. The molecule has 0 aliphatic heterocycles. The van der Waals surface area contributed by atoms with Crippen molar-refractivity contribution in [3.63, 3.8) is 0 Å². The number of amides is 1. The normalized spacial score (nSPS) is 21.1. The summed E-state index contributed by atoms with van der Waals surface area (Å²) in [5, 5.41) is 0. The first-order chi connectivity index (χ1) is 8.54. The van der Waals surface area contributed by atoms with Crippen LogP contribution in [0.5, 0.6) is 0 Å². The summed E-state index contributed by atoms with van der Waals surface area (Å²) in [6.45, 7) is 5.28. The summed E-state index contributed by atoms with van der Waals surface area (Å²) < 4.78 is 29.6. The van der Waals surface area contributed by atoms with Crippen LogP contribution in [-0.2, 0) is 14.8 Å². The first kappa shape index (κ1) is 16.2. The smallest absolute Gasteiger partial charge is 0.405 e. The van der Waals surface area contributed by atoms with E-state index >= 15 is 0 Å². The molecule has 0 aromatic carbocycles. The van der Waals surface area contributed by atoms with Crippen LogP contribution < -0.4 is 10.5 Å². The van der Waals surface area contributed by atoms with Crippen molar-refractivity contribution >= 4 is 16.1 Å². The Labute approximate surface area is 115 Å². The van der Waals surface area contributed by atoms with E-state index in [1.54, 1.807) is 20.8 Å². The van der Waals surface area contributed by atoms with Crippen LogP contribution in [0.1, 0.15) is 46.5 Å². The lowest BCUT2D eigenvalue weighted by Crippen LogP contribution is -2.35. The predicted molar refractivity (Wildman–Crippen MR) is 73.1 cm³/mol. The fourth-order valence-corrected chi connectivity index (χ4v) is 3.85. The van der Waals surface area contributed by atoms with Gasteiger partial charge in [-0.05, 0) is 59.4 Å². The maximum absolute atomic E-state index is 11.5. The molecule has 2 saturated carbocycles. The van der Waals surface area contributed by atoms with Crippen molar-refractivity contribution < 1.29 is 17.9 Å². The van der Waals surface area contributed by atoms with E-state index in [0.29, 0.717) is 5.92 Å². The highest BCUT2D eigenvalue weighted by Gasteiger charge is 2.62. The van der Waals surface area contributed by atoms with Crippen LogP contribution in [-0.4, -0.2) is 31.9 Å². The molecule has 3 N–H and O–H groups in total. The number of rotatable bonds is 3. The SMILES string of the molecule is CC(C)(C)OC(N)=O.CNS(=O)(=O)C1(C2CC2)CC1. The lowest BCUT2D eigenvalue weighted by molar-refractivity contribution is 0.0600. The fraction of sp³-hybridized carbons (Fsp3) is 0.917. The first-order valence-electron chi connectivity index (χ1n) is 6.45. The quantitative estimate of drug-likeness (QED) is 0.820. The average molecular weight is 292 g/mol. The monoisotopic (exact) mass is 292 g/mol. The number of hydrogen-bond donors (Lipinski definition) is 2. The molecule has 112 valence electrons. The van der Waals surface area contributed by atoms with Crippen molar-refractivity contribution in [3.8, 4) is 0 Å². The molecule has 2 aliphatic carbocycles. The summed E-state index contributed by atoms with van der Waals surface area (Å²) in [7, 11) is -1.46. The zero-order valence-electron chi connectivity index (χ0n) is 12.0. The van der Waals surface area contributed by atoms with E-state index in [-0.39, 0.29) is 4.75 Å². The number of hydrogen-bond acceptors (Lipinski definition) is 4. The molecule has 0 spiro atoms. The van der Waals surface area contributed by atoms with E-state index in [1.807, 2.05) is 0 Å². The molecule has 2 aliphatic rings. The summed E-state index contributed by atoms with van der Waals surface area (Å²) in [6, 6.07) is 0. The standard InChI is InChI=1S/C7H13NO2S.C5H11NO2/c1-8-11(9,10)7(4-5-7)6-2-3-6;1-5(2,3)8-4(6)7/h6,8H,2-5H2,1H3;1-3H3,(H2,6,7). The zero-order chi connectivity index (χ0) is 14.9. The minimum absolute atomic E-state index is 0.332. The Morgan fingerprint density at radius 2 is 1.79 bits per heavy atom. The zero-order valence-corrected chi connectivity index (χ0v) is 12.8. The maximum Gasteiger partial charge on any atom is 0.405 e. The number of nitrogens with two attached hydrogens (primary N) is 1. The second kappa shape index (κ2) is 5.28. The molecule has 0 radical (unpaired) electrons. The van der Waals surface area contributed by atoms with Gasteiger partial charge in [-0.25, -0.2) is 17.9 Å². The van der Waals surface area contributed by atoms with Crippen LogP contribution in [0.4, 0.5) is 4.79 Å². The van der Waals surface area contributed by atoms with Crippen LogP contribution in [0.25, 0.3) is 0 Å². The third-order valence-corrected chi connectivity index (χ3v) is 5.62. The van der Waals surface area contributed by atoms with Gasteiger partial charge < -0.3 is 10.5 Å². The van der Waals surface area contributed by atoms with Gasteiger partial charge in [0.05, 0.1) is 4.75 Å². The lowest BCUT2D eigenvalue weighted by atomic mass is 10.2. The van der Waals surface area contributed by atoms with Crippen molar-refractivity contribution in [2.24, 2.45) is 11.7 Å². The minimum atomic E-state index is -2.97. The Balaban J connectivity index is 0.000000203. The molecule has 0 atom stereocenters. The fourth-order valence-electron chi connectivity index (χ4n) is 2.13. The lowest BCUT2D eigenvalue weighted by Gasteiger charge is -2.16. The van der Waals surface area contributed by atoms with Crippen LogP contribution >= 0.6 is 0 Å². The first-order valence-corrected chi connectivity index (χ1v) is 7.94. The largest absolute Gasteiger partial charge is 0.444 e. The molecule has 0 heterocycles. The molecular weight excluding hydrogens is 268 g/mol. The van der Waals surface area contributed by atoms with E-state index < -0.39 is 21.7 Å². The van der Waals surface area contributed by atoms with Gasteiger partial charge in [0.25, 0.3) is 0 Å². The Kier molecular flexibility index (Phi) is 4.51. The van der Waals surface area contributed by atoms with E-state index in [4.69, 9.17) is 5.73 Å². The average Bonchev–Trinajstić information content (AvgIpc) is 3.05. The van der Waals surface area contributed by atoms with Gasteiger partial charge in [0, 0.05) is 0 Å². The third-order valence-electron chi connectivity index (χ3n) is 3.27. The molecule has 0 bridgehead atoms. The summed E-state index contributed by atoms with van der Waals surface area (Å²) in [5.74, 6) is 0.472. The van der Waals surface area contributed by atoms with E-state index in [0.717, 1.165) is 25.7 Å². The number of sulfonamides is 1.